The maximum atomic E-state index is 13.8. The highest BCUT2D eigenvalue weighted by Gasteiger charge is 2.33. The number of hydrogen-bond acceptors (Lipinski definition) is 7. The van der Waals surface area contributed by atoms with Crippen molar-refractivity contribution in [2.45, 2.75) is 17.9 Å². The van der Waals surface area contributed by atoms with Crippen LogP contribution in [-0.2, 0) is 9.53 Å². The zero-order valence-corrected chi connectivity index (χ0v) is 23.0. The Morgan fingerprint density at radius 3 is 2.74 bits per heavy atom. The summed E-state index contributed by atoms with van der Waals surface area (Å²) in [5.74, 6) is 0.630. The summed E-state index contributed by atoms with van der Waals surface area (Å²) in [6.07, 6.45) is 5.19. The maximum absolute atomic E-state index is 13.8. The number of ether oxygens (including phenoxy) is 1. The molecule has 1 aliphatic rings. The summed E-state index contributed by atoms with van der Waals surface area (Å²) < 4.78 is 13.4. The Bertz CT molecular complexity index is 1750. The number of thiazole rings is 1. The van der Waals surface area contributed by atoms with Crippen LogP contribution < -0.4 is 14.9 Å². The minimum absolute atomic E-state index is 0.0611. The zero-order valence-electron chi connectivity index (χ0n) is 20.6. The number of halogens is 1. The molecule has 0 bridgehead atoms. The van der Waals surface area contributed by atoms with Crippen molar-refractivity contribution in [3.8, 4) is 11.3 Å². The van der Waals surface area contributed by atoms with E-state index in [1.807, 2.05) is 54.8 Å². The Balaban J connectivity index is 1.62. The number of furan rings is 1. The van der Waals surface area contributed by atoms with Gasteiger partial charge < -0.3 is 9.15 Å². The molecule has 3 heterocycles. The zero-order chi connectivity index (χ0) is 26.8. The van der Waals surface area contributed by atoms with Gasteiger partial charge in [0.05, 0.1) is 21.8 Å². The van der Waals surface area contributed by atoms with Crippen molar-refractivity contribution in [3.63, 3.8) is 0 Å². The van der Waals surface area contributed by atoms with Crippen LogP contribution >= 0.6 is 34.7 Å². The number of rotatable bonds is 7. The van der Waals surface area contributed by atoms with E-state index in [0.29, 0.717) is 37.1 Å². The third kappa shape index (κ3) is 5.07. The highest BCUT2D eigenvalue weighted by atomic mass is 35.5. The first kappa shape index (κ1) is 26.0. The third-order valence-corrected chi connectivity index (χ3v) is 7.98. The van der Waals surface area contributed by atoms with Crippen molar-refractivity contribution in [2.24, 2.45) is 4.99 Å². The SMILES string of the molecule is C=CCOC(=O)C1=C(C)N=c2sc(=Cc3ccc(-c4cccc(Cl)c4)o3)c(=O)n2C1c1ccc(SC)cc1. The maximum Gasteiger partial charge on any atom is 0.338 e. The fourth-order valence-corrected chi connectivity index (χ4v) is 5.88. The van der Waals surface area contributed by atoms with Crippen LogP contribution in [0.2, 0.25) is 5.02 Å². The number of fused-ring (bicyclic) bond motifs is 1. The van der Waals surface area contributed by atoms with Crippen LogP contribution in [0, 0.1) is 0 Å². The summed E-state index contributed by atoms with van der Waals surface area (Å²) >= 11 is 8.98. The number of thioether (sulfide) groups is 1. The highest BCUT2D eigenvalue weighted by Crippen LogP contribution is 2.32. The van der Waals surface area contributed by atoms with Gasteiger partial charge in [0.15, 0.2) is 4.80 Å². The molecule has 2 aromatic heterocycles. The molecule has 1 aliphatic heterocycles. The van der Waals surface area contributed by atoms with Crippen molar-refractivity contribution in [3.05, 3.63) is 121 Å². The van der Waals surface area contributed by atoms with Gasteiger partial charge in [0.25, 0.3) is 5.56 Å². The lowest BCUT2D eigenvalue weighted by Crippen LogP contribution is -2.39. The van der Waals surface area contributed by atoms with Crippen LogP contribution in [0.4, 0.5) is 0 Å². The molecule has 0 amide bonds. The van der Waals surface area contributed by atoms with Gasteiger partial charge in [-0.05, 0) is 55.1 Å². The summed E-state index contributed by atoms with van der Waals surface area (Å²) in [5.41, 5.74) is 2.19. The molecule has 1 atom stereocenters. The molecule has 0 saturated carbocycles. The predicted octanol–water partition coefficient (Wildman–Crippen LogP) is 5.60. The van der Waals surface area contributed by atoms with Gasteiger partial charge >= 0.3 is 5.97 Å². The van der Waals surface area contributed by atoms with E-state index in [2.05, 4.69) is 11.6 Å². The van der Waals surface area contributed by atoms with Crippen molar-refractivity contribution in [1.82, 2.24) is 4.57 Å². The fraction of sp³-hybridized carbons (Fsp3) is 0.138. The molecule has 0 spiro atoms. The van der Waals surface area contributed by atoms with Crippen LogP contribution in [0.15, 0.2) is 104 Å². The summed E-state index contributed by atoms with van der Waals surface area (Å²) in [4.78, 5) is 33.1. The number of allylic oxidation sites excluding steroid dienone is 1. The number of esters is 1. The minimum Gasteiger partial charge on any atom is -0.458 e. The van der Waals surface area contributed by atoms with Crippen LogP contribution in [0.3, 0.4) is 0 Å². The molecule has 0 N–H and O–H groups in total. The molecule has 0 aliphatic carbocycles. The van der Waals surface area contributed by atoms with E-state index in [4.69, 9.17) is 20.8 Å². The van der Waals surface area contributed by atoms with Gasteiger partial charge in [-0.3, -0.25) is 9.36 Å². The minimum atomic E-state index is -0.680. The second-order valence-electron chi connectivity index (χ2n) is 8.45. The second-order valence-corrected chi connectivity index (χ2v) is 10.8. The van der Waals surface area contributed by atoms with Gasteiger partial charge in [0.2, 0.25) is 0 Å². The van der Waals surface area contributed by atoms with E-state index in [-0.39, 0.29) is 12.2 Å². The van der Waals surface area contributed by atoms with E-state index in [1.165, 1.54) is 17.4 Å². The van der Waals surface area contributed by atoms with E-state index in [0.717, 1.165) is 16.0 Å². The Morgan fingerprint density at radius 2 is 2.03 bits per heavy atom. The molecule has 38 heavy (non-hydrogen) atoms. The van der Waals surface area contributed by atoms with Crippen LogP contribution in [0.1, 0.15) is 24.3 Å². The van der Waals surface area contributed by atoms with Crippen LogP contribution in [-0.4, -0.2) is 23.4 Å². The second kappa shape index (κ2) is 11.0. The highest BCUT2D eigenvalue weighted by molar-refractivity contribution is 7.98. The van der Waals surface area contributed by atoms with Crippen molar-refractivity contribution >= 4 is 46.7 Å². The Morgan fingerprint density at radius 1 is 1.24 bits per heavy atom. The van der Waals surface area contributed by atoms with E-state index in [1.54, 1.807) is 41.5 Å². The summed E-state index contributed by atoms with van der Waals surface area (Å²) in [6.45, 7) is 5.44. The first-order chi connectivity index (χ1) is 18.4. The topological polar surface area (TPSA) is 73.8 Å². The molecule has 4 aromatic rings. The summed E-state index contributed by atoms with van der Waals surface area (Å²) in [5, 5.41) is 0.608. The summed E-state index contributed by atoms with van der Waals surface area (Å²) in [6, 6.07) is 18.1. The molecular formula is C29H23ClN2O4S2. The van der Waals surface area contributed by atoms with Crippen LogP contribution in [0.25, 0.3) is 17.4 Å². The molecule has 5 rings (SSSR count). The predicted molar refractivity (Wildman–Crippen MR) is 152 cm³/mol. The average Bonchev–Trinajstić information content (AvgIpc) is 3.51. The largest absolute Gasteiger partial charge is 0.458 e. The lowest BCUT2D eigenvalue weighted by atomic mass is 9.96. The number of hydrogen-bond donors (Lipinski definition) is 0. The normalized spacial score (nSPS) is 15.2. The summed E-state index contributed by atoms with van der Waals surface area (Å²) in [7, 11) is 0. The van der Waals surface area contributed by atoms with Gasteiger partial charge in [0, 0.05) is 21.6 Å². The number of carbonyl (C=O) groups excluding carboxylic acids is 1. The molecule has 192 valence electrons. The monoisotopic (exact) mass is 562 g/mol. The molecule has 0 radical (unpaired) electrons. The quantitative estimate of drug-likeness (QED) is 0.166. The molecule has 9 heteroatoms. The number of aromatic nitrogens is 1. The van der Waals surface area contributed by atoms with Gasteiger partial charge in [0.1, 0.15) is 18.1 Å². The van der Waals surface area contributed by atoms with Gasteiger partial charge in [-0.1, -0.05) is 59.9 Å². The number of benzene rings is 2. The Labute approximate surface area is 232 Å². The van der Waals surface area contributed by atoms with E-state index >= 15 is 0 Å². The average molecular weight is 563 g/mol. The standard InChI is InChI=1S/C29H23ClN2O4S2/c1-4-14-35-28(34)25-17(2)31-29-32(26(25)18-8-11-22(37-3)12-9-18)27(33)24(38-29)16-21-10-13-23(36-21)19-6-5-7-20(30)15-19/h4-13,15-16,26H,1,14H2,2-3H3. The lowest BCUT2D eigenvalue weighted by molar-refractivity contribution is -0.138. The first-order valence-electron chi connectivity index (χ1n) is 11.7. The first-order valence-corrected chi connectivity index (χ1v) is 14.1. The molecule has 1 unspecified atom stereocenters. The van der Waals surface area contributed by atoms with Crippen molar-refractivity contribution in [1.29, 1.82) is 0 Å². The van der Waals surface area contributed by atoms with Crippen LogP contribution in [0.5, 0.6) is 0 Å². The lowest BCUT2D eigenvalue weighted by Gasteiger charge is -2.24. The Hall–Kier alpha value is -3.59. The van der Waals surface area contributed by atoms with Crippen molar-refractivity contribution < 1.29 is 13.9 Å². The number of nitrogens with zero attached hydrogens (tertiary/aromatic N) is 2. The van der Waals surface area contributed by atoms with Gasteiger partial charge in [-0.15, -0.1) is 11.8 Å². The molecule has 0 fully saturated rings. The molecular weight excluding hydrogens is 540 g/mol. The van der Waals surface area contributed by atoms with E-state index < -0.39 is 12.0 Å². The Kier molecular flexibility index (Phi) is 7.56. The fourth-order valence-electron chi connectivity index (χ4n) is 4.25. The molecule has 6 nitrogen and oxygen atoms in total. The molecule has 0 saturated heterocycles. The number of carbonyl (C=O) groups is 1. The smallest absolute Gasteiger partial charge is 0.338 e. The van der Waals surface area contributed by atoms with E-state index in [9.17, 15) is 9.59 Å². The van der Waals surface area contributed by atoms with Gasteiger partial charge in [-0.25, -0.2) is 9.79 Å². The molecule has 2 aromatic carbocycles. The van der Waals surface area contributed by atoms with Crippen molar-refractivity contribution in [2.75, 3.05) is 12.9 Å². The van der Waals surface area contributed by atoms with Gasteiger partial charge in [-0.2, -0.15) is 0 Å². The third-order valence-electron chi connectivity index (χ3n) is 6.01.